The molecule has 0 radical (unpaired) electrons. The maximum absolute atomic E-state index is 13.7. The molecule has 2 aromatic rings. The highest BCUT2D eigenvalue weighted by atomic mass is 19.4. The first-order valence-electron chi connectivity index (χ1n) is 11.7. The Morgan fingerprint density at radius 1 is 1.22 bits per heavy atom. The number of amides is 2. The summed E-state index contributed by atoms with van der Waals surface area (Å²) in [6, 6.07) is 0.906. The van der Waals surface area contributed by atoms with E-state index in [1.807, 2.05) is 0 Å². The number of imidazole rings is 1. The molecule has 1 aliphatic rings. The fraction of sp³-hybridized carbons (Fsp3) is 0.652. The number of alkyl halides is 5. The van der Waals surface area contributed by atoms with E-state index in [1.54, 1.807) is 33.0 Å². The summed E-state index contributed by atoms with van der Waals surface area (Å²) < 4.78 is 71.1. The third-order valence-electron chi connectivity index (χ3n) is 5.74. The van der Waals surface area contributed by atoms with Gasteiger partial charge in [0.15, 0.2) is 5.65 Å². The number of halogens is 5. The zero-order valence-electron chi connectivity index (χ0n) is 20.3. The molecular formula is C23H30F5N5O3. The second-order valence-electron chi connectivity index (χ2n) is 10.0. The van der Waals surface area contributed by atoms with E-state index >= 15 is 0 Å². The van der Waals surface area contributed by atoms with Crippen molar-refractivity contribution in [3.05, 3.63) is 29.7 Å². The lowest BCUT2D eigenvalue weighted by atomic mass is 9.81. The minimum atomic E-state index is -4.41. The van der Waals surface area contributed by atoms with E-state index in [4.69, 9.17) is 4.74 Å². The highest BCUT2D eigenvalue weighted by Gasteiger charge is 2.39. The molecular weight excluding hydrogens is 489 g/mol. The van der Waals surface area contributed by atoms with Gasteiger partial charge < -0.3 is 15.4 Å². The van der Waals surface area contributed by atoms with Gasteiger partial charge in [0.2, 0.25) is 11.8 Å². The fourth-order valence-electron chi connectivity index (χ4n) is 3.99. The molecule has 0 unspecified atom stereocenters. The zero-order valence-corrected chi connectivity index (χ0v) is 20.3. The summed E-state index contributed by atoms with van der Waals surface area (Å²) in [5.74, 6) is -3.78. The monoisotopic (exact) mass is 519 g/mol. The van der Waals surface area contributed by atoms with Gasteiger partial charge in [0.25, 0.3) is 0 Å². The van der Waals surface area contributed by atoms with E-state index in [2.05, 4.69) is 20.7 Å². The first-order valence-corrected chi connectivity index (χ1v) is 11.7. The largest absolute Gasteiger partial charge is 0.444 e. The number of ether oxygens (including phenoxy) is 1. The standard InChI is InChI=1S/C23H30F5N5O3/c1-21(2,3)36-20(35)32-19(15-4-7-22(24,25)8-5-15)16-13-33-17(31-16)10-14(12-30-33)11-29-18(34)6-9-23(26,27)28/h10,12-13,15,19H,4-9,11H2,1-3H3,(H,29,34)(H,32,35)/t19-/m0/s1. The van der Waals surface area contributed by atoms with Crippen LogP contribution in [0.2, 0.25) is 0 Å². The van der Waals surface area contributed by atoms with Crippen LogP contribution in [0.25, 0.3) is 5.65 Å². The van der Waals surface area contributed by atoms with Crippen molar-refractivity contribution in [3.8, 4) is 0 Å². The predicted molar refractivity (Wildman–Crippen MR) is 119 cm³/mol. The number of alkyl carbamates (subject to hydrolysis) is 1. The fourth-order valence-corrected chi connectivity index (χ4v) is 3.99. The number of aromatic nitrogens is 3. The predicted octanol–water partition coefficient (Wildman–Crippen LogP) is 5.08. The second-order valence-corrected chi connectivity index (χ2v) is 10.0. The van der Waals surface area contributed by atoms with Gasteiger partial charge in [0, 0.05) is 25.8 Å². The van der Waals surface area contributed by atoms with Gasteiger partial charge in [0.1, 0.15) is 5.60 Å². The van der Waals surface area contributed by atoms with Crippen LogP contribution in [0.5, 0.6) is 0 Å². The van der Waals surface area contributed by atoms with Gasteiger partial charge in [-0.3, -0.25) is 4.79 Å². The number of carbonyl (C=O) groups is 2. The topological polar surface area (TPSA) is 97.6 Å². The number of nitrogens with zero attached hydrogens (tertiary/aromatic N) is 3. The highest BCUT2D eigenvalue weighted by Crippen LogP contribution is 2.41. The van der Waals surface area contributed by atoms with Gasteiger partial charge in [-0.15, -0.1) is 0 Å². The average Bonchev–Trinajstić information content (AvgIpc) is 3.16. The number of hydrogen-bond acceptors (Lipinski definition) is 5. The summed E-state index contributed by atoms with van der Waals surface area (Å²) in [6.07, 6.45) is -4.21. The molecule has 8 nitrogen and oxygen atoms in total. The molecule has 2 N–H and O–H groups in total. The van der Waals surface area contributed by atoms with E-state index in [0.29, 0.717) is 16.9 Å². The minimum Gasteiger partial charge on any atom is -0.444 e. The van der Waals surface area contributed by atoms with Crippen molar-refractivity contribution in [1.82, 2.24) is 25.2 Å². The molecule has 3 rings (SSSR count). The van der Waals surface area contributed by atoms with Crippen molar-refractivity contribution in [2.75, 3.05) is 0 Å². The van der Waals surface area contributed by atoms with Gasteiger partial charge in [-0.2, -0.15) is 18.3 Å². The molecule has 1 saturated carbocycles. The van der Waals surface area contributed by atoms with E-state index in [1.165, 1.54) is 10.7 Å². The lowest BCUT2D eigenvalue weighted by molar-refractivity contribution is -0.144. The maximum atomic E-state index is 13.7. The van der Waals surface area contributed by atoms with Crippen molar-refractivity contribution in [2.45, 2.75) is 89.6 Å². The van der Waals surface area contributed by atoms with Crippen molar-refractivity contribution in [3.63, 3.8) is 0 Å². The van der Waals surface area contributed by atoms with Gasteiger partial charge in [-0.05, 0) is 51.2 Å². The summed E-state index contributed by atoms with van der Waals surface area (Å²) in [4.78, 5) is 28.7. The van der Waals surface area contributed by atoms with E-state index in [9.17, 15) is 31.5 Å². The average molecular weight is 520 g/mol. The number of hydrogen-bond donors (Lipinski definition) is 2. The Labute approximate surface area is 205 Å². The lowest BCUT2D eigenvalue weighted by Gasteiger charge is -2.33. The Morgan fingerprint density at radius 2 is 1.89 bits per heavy atom. The summed E-state index contributed by atoms with van der Waals surface area (Å²) in [5.41, 5.74) is 0.529. The van der Waals surface area contributed by atoms with Crippen LogP contribution >= 0.6 is 0 Å². The third kappa shape index (κ3) is 8.30. The maximum Gasteiger partial charge on any atom is 0.408 e. The van der Waals surface area contributed by atoms with Gasteiger partial charge in [-0.1, -0.05) is 0 Å². The lowest BCUT2D eigenvalue weighted by Crippen LogP contribution is -2.40. The number of nitrogens with one attached hydrogen (secondary N) is 2. The zero-order chi connectivity index (χ0) is 26.7. The summed E-state index contributed by atoms with van der Waals surface area (Å²) in [5, 5.41) is 9.40. The van der Waals surface area contributed by atoms with Crippen LogP contribution in [0.15, 0.2) is 18.5 Å². The summed E-state index contributed by atoms with van der Waals surface area (Å²) in [6.45, 7) is 5.09. The van der Waals surface area contributed by atoms with Crippen LogP contribution in [0.3, 0.4) is 0 Å². The van der Waals surface area contributed by atoms with Crippen LogP contribution in [0, 0.1) is 5.92 Å². The van der Waals surface area contributed by atoms with E-state index < -0.39 is 48.6 Å². The normalized spacial score (nSPS) is 17.6. The number of rotatable bonds is 7. The smallest absolute Gasteiger partial charge is 0.408 e. The van der Waals surface area contributed by atoms with Crippen LogP contribution in [-0.2, 0) is 16.1 Å². The van der Waals surface area contributed by atoms with Crippen LogP contribution in [0.4, 0.5) is 26.7 Å². The molecule has 0 spiro atoms. The Kier molecular flexibility index (Phi) is 8.09. The number of fused-ring (bicyclic) bond motifs is 1. The molecule has 0 saturated heterocycles. The SMILES string of the molecule is CC(C)(C)OC(=O)N[C@H](c1cn2ncc(CNC(=O)CCC(F)(F)F)cc2n1)C1CCC(F)(F)CC1. The van der Waals surface area contributed by atoms with Crippen molar-refractivity contribution in [2.24, 2.45) is 5.92 Å². The second kappa shape index (κ2) is 10.6. The molecule has 2 amide bonds. The molecule has 0 bridgehead atoms. The van der Waals surface area contributed by atoms with Crippen LogP contribution in [0.1, 0.15) is 76.6 Å². The summed E-state index contributed by atoms with van der Waals surface area (Å²) in [7, 11) is 0. The first kappa shape index (κ1) is 27.6. The highest BCUT2D eigenvalue weighted by molar-refractivity contribution is 5.75. The van der Waals surface area contributed by atoms with Crippen molar-refractivity contribution < 1.29 is 36.3 Å². The van der Waals surface area contributed by atoms with Crippen LogP contribution < -0.4 is 10.6 Å². The number of carbonyl (C=O) groups excluding carboxylic acids is 2. The molecule has 1 fully saturated rings. The molecule has 36 heavy (non-hydrogen) atoms. The minimum absolute atomic E-state index is 0.0420. The first-order chi connectivity index (χ1) is 16.6. The van der Waals surface area contributed by atoms with Gasteiger partial charge in [0.05, 0.1) is 30.6 Å². The molecule has 2 aromatic heterocycles. The van der Waals surface area contributed by atoms with Gasteiger partial charge in [-0.25, -0.2) is 23.1 Å². The van der Waals surface area contributed by atoms with Gasteiger partial charge >= 0.3 is 12.3 Å². The Hall–Kier alpha value is -2.99. The molecule has 2 heterocycles. The summed E-state index contributed by atoms with van der Waals surface area (Å²) >= 11 is 0. The van der Waals surface area contributed by atoms with Crippen molar-refractivity contribution in [1.29, 1.82) is 0 Å². The van der Waals surface area contributed by atoms with Crippen molar-refractivity contribution >= 4 is 17.6 Å². The molecule has 1 aliphatic carbocycles. The Balaban J connectivity index is 1.75. The van der Waals surface area contributed by atoms with E-state index in [0.717, 1.165) is 0 Å². The van der Waals surface area contributed by atoms with E-state index in [-0.39, 0.29) is 38.1 Å². The Morgan fingerprint density at radius 3 is 2.50 bits per heavy atom. The molecule has 1 atom stereocenters. The quantitative estimate of drug-likeness (QED) is 0.498. The molecule has 0 aliphatic heterocycles. The van der Waals surface area contributed by atoms with Crippen LogP contribution in [-0.4, -0.2) is 44.3 Å². The molecule has 200 valence electrons. The Bertz CT molecular complexity index is 1070. The molecule has 13 heteroatoms. The molecule has 0 aromatic carbocycles. The third-order valence-corrected chi connectivity index (χ3v) is 5.74.